The van der Waals surface area contributed by atoms with Crippen molar-refractivity contribution < 1.29 is 38.5 Å². The number of allylic oxidation sites excluding steroid dienone is 1. The number of aliphatic hydroxyl groups excluding tert-OH is 1. The minimum Gasteiger partial charge on any atom is -0.455 e. The lowest BCUT2D eigenvalue weighted by Crippen LogP contribution is -2.60. The molecule has 3 fully saturated rings. The lowest BCUT2D eigenvalue weighted by Gasteiger charge is -2.41. The Balaban J connectivity index is 1.56. The van der Waals surface area contributed by atoms with Crippen molar-refractivity contribution in [3.63, 3.8) is 0 Å². The third kappa shape index (κ3) is 8.36. The van der Waals surface area contributed by atoms with Crippen molar-refractivity contribution in [2.75, 3.05) is 26.9 Å². The molecule has 292 valence electrons. The Hall–Kier alpha value is -3.84. The van der Waals surface area contributed by atoms with Crippen LogP contribution in [0.2, 0.25) is 0 Å². The zero-order valence-corrected chi connectivity index (χ0v) is 33.1. The number of nitrogens with zero attached hydrogens (tertiary/aromatic N) is 2. The fourth-order valence-corrected chi connectivity index (χ4v) is 9.57. The van der Waals surface area contributed by atoms with Crippen molar-refractivity contribution in [1.29, 1.82) is 0 Å². The number of aliphatic hydroxyl groups is 1. The Morgan fingerprint density at radius 3 is 2.43 bits per heavy atom. The van der Waals surface area contributed by atoms with Crippen LogP contribution in [0.15, 0.2) is 86.0 Å². The summed E-state index contributed by atoms with van der Waals surface area (Å²) >= 11 is 3.76. The average Bonchev–Trinajstić information content (AvgIpc) is 3.77. The number of benzene rings is 2. The number of alkyl halides is 1. The topological polar surface area (TPSA) is 135 Å². The van der Waals surface area contributed by atoms with E-state index < -0.39 is 66.3 Å². The predicted molar refractivity (Wildman–Crippen MR) is 208 cm³/mol. The molecule has 10 atom stereocenters. The molecule has 12 heteroatoms. The van der Waals surface area contributed by atoms with Crippen LogP contribution in [0.5, 0.6) is 0 Å². The lowest BCUT2D eigenvalue weighted by molar-refractivity contribution is -0.163. The molecule has 0 aromatic heterocycles. The largest absolute Gasteiger partial charge is 0.455 e. The van der Waals surface area contributed by atoms with Crippen LogP contribution >= 0.6 is 15.9 Å². The number of amides is 3. The second-order valence-electron chi connectivity index (χ2n) is 14.6. The summed E-state index contributed by atoms with van der Waals surface area (Å²) < 4.78 is 18.7. The molecule has 0 radical (unpaired) electrons. The van der Waals surface area contributed by atoms with Gasteiger partial charge in [-0.3, -0.25) is 19.2 Å². The molecule has 2 aromatic rings. The molecule has 2 unspecified atom stereocenters. The van der Waals surface area contributed by atoms with Crippen LogP contribution in [-0.2, 0) is 39.8 Å². The van der Waals surface area contributed by atoms with E-state index >= 15 is 9.59 Å². The fourth-order valence-electron chi connectivity index (χ4n) is 8.63. The number of nitrogens with one attached hydrogen (secondary N) is 1. The highest BCUT2D eigenvalue weighted by molar-refractivity contribution is 9.09. The van der Waals surface area contributed by atoms with Crippen LogP contribution in [0, 0.1) is 11.8 Å². The van der Waals surface area contributed by atoms with Crippen molar-refractivity contribution in [2.24, 2.45) is 11.8 Å². The Bertz CT molecular complexity index is 1630. The highest BCUT2D eigenvalue weighted by Gasteiger charge is 2.77. The molecule has 0 aliphatic carbocycles. The van der Waals surface area contributed by atoms with Crippen molar-refractivity contribution >= 4 is 39.6 Å². The Morgan fingerprint density at radius 2 is 1.81 bits per heavy atom. The van der Waals surface area contributed by atoms with Crippen LogP contribution in [0.4, 0.5) is 0 Å². The summed E-state index contributed by atoms with van der Waals surface area (Å²) in [4.78, 5) is 60.6. The molecule has 3 amide bonds. The van der Waals surface area contributed by atoms with Crippen molar-refractivity contribution in [1.82, 2.24) is 15.1 Å². The van der Waals surface area contributed by atoms with Gasteiger partial charge in [-0.15, -0.1) is 13.2 Å². The molecule has 2 aromatic carbocycles. The van der Waals surface area contributed by atoms with Gasteiger partial charge < -0.3 is 34.4 Å². The van der Waals surface area contributed by atoms with E-state index in [-0.39, 0.29) is 48.7 Å². The third-order valence-corrected chi connectivity index (χ3v) is 11.8. The Kier molecular flexibility index (Phi) is 14.3. The van der Waals surface area contributed by atoms with Crippen molar-refractivity contribution in [2.45, 2.75) is 99.2 Å². The number of carbonyl (C=O) groups excluding carboxylic acids is 4. The standard InChI is InChI=1S/C42H54BrN3O8/c1-6-9-21-33(48)44-32(26-52-5)36(29-19-14-11-15-20-29)53-41(51)34-35-39(49)46(30(25-47)23-28-17-12-10-13-18-28)38(42(35)24-31(43)37(34)54-42)40(50)45(22-8-3)27(4)16-7-2/h6,8,10-15,17-20,27,30-32,34-38,47H,1,3,7,9,16,21-26H2,2,4-5H3,(H,44,48)/t27?,30-,31?,32+,34-,35+,36+,37-,38-,42+/m1/s1. The summed E-state index contributed by atoms with van der Waals surface area (Å²) in [6.45, 7) is 11.5. The molecule has 3 aliphatic rings. The number of ether oxygens (including phenoxy) is 3. The number of rotatable bonds is 20. The van der Waals surface area contributed by atoms with Gasteiger partial charge in [-0.1, -0.05) is 102 Å². The van der Waals surface area contributed by atoms with E-state index in [0.717, 1.165) is 18.4 Å². The fraction of sp³-hybridized carbons (Fsp3) is 0.524. The van der Waals surface area contributed by atoms with Crippen LogP contribution in [0.25, 0.3) is 0 Å². The highest BCUT2D eigenvalue weighted by atomic mass is 79.9. The molecule has 54 heavy (non-hydrogen) atoms. The monoisotopic (exact) mass is 807 g/mol. The van der Waals surface area contributed by atoms with E-state index in [1.807, 2.05) is 55.5 Å². The van der Waals surface area contributed by atoms with Gasteiger partial charge in [0.15, 0.2) is 0 Å². The second kappa shape index (κ2) is 18.7. The first kappa shape index (κ1) is 41.3. The zero-order chi connectivity index (χ0) is 39.0. The van der Waals surface area contributed by atoms with E-state index in [4.69, 9.17) is 14.2 Å². The van der Waals surface area contributed by atoms with Gasteiger partial charge in [0.1, 0.15) is 17.7 Å². The first-order valence-electron chi connectivity index (χ1n) is 18.9. The molecule has 0 saturated carbocycles. The van der Waals surface area contributed by atoms with E-state index in [1.165, 1.54) is 12.0 Å². The van der Waals surface area contributed by atoms with Gasteiger partial charge in [0.2, 0.25) is 17.7 Å². The number of likely N-dealkylation sites (tertiary alicyclic amines) is 1. The van der Waals surface area contributed by atoms with Crippen molar-refractivity contribution in [3.05, 3.63) is 97.1 Å². The predicted octanol–water partition coefficient (Wildman–Crippen LogP) is 4.92. The smallest absolute Gasteiger partial charge is 0.313 e. The first-order valence-corrected chi connectivity index (χ1v) is 19.8. The first-order chi connectivity index (χ1) is 26.1. The number of fused-ring (bicyclic) bond motifs is 1. The number of esters is 1. The SMILES string of the molecule is C=CCCC(=O)N[C@@H](COC)[C@@H](OC(=O)[C@H]1[C@@H]2O[C@@]3(CC2Br)[C@@H]1C(=O)N([C@@H](CO)Cc1ccccc1)[C@@H]3C(=O)N(CC=C)C(C)CCC)c1ccccc1. The molecule has 2 bridgehead atoms. The molecular formula is C42H54BrN3O8. The van der Waals surface area contributed by atoms with Gasteiger partial charge in [-0.2, -0.15) is 0 Å². The molecule has 3 aliphatic heterocycles. The molecule has 2 N–H and O–H groups in total. The van der Waals surface area contributed by atoms with Crippen LogP contribution in [0.3, 0.4) is 0 Å². The zero-order valence-electron chi connectivity index (χ0n) is 31.5. The summed E-state index contributed by atoms with van der Waals surface area (Å²) in [6.07, 6.45) is 4.41. The van der Waals surface area contributed by atoms with Gasteiger partial charge in [-0.25, -0.2) is 0 Å². The highest BCUT2D eigenvalue weighted by Crippen LogP contribution is 2.61. The number of methoxy groups -OCH3 is 1. The van der Waals surface area contributed by atoms with Crippen LogP contribution in [0.1, 0.15) is 63.2 Å². The summed E-state index contributed by atoms with van der Waals surface area (Å²) in [6, 6.07) is 15.8. The maximum absolute atomic E-state index is 15.0. The molecule has 5 rings (SSSR count). The molecule has 11 nitrogen and oxygen atoms in total. The van der Waals surface area contributed by atoms with E-state index in [2.05, 4.69) is 41.3 Å². The number of halogens is 1. The minimum absolute atomic E-state index is 0.0434. The normalized spacial score (nSPS) is 26.4. The molecular weight excluding hydrogens is 754 g/mol. The van der Waals surface area contributed by atoms with Crippen LogP contribution < -0.4 is 5.32 Å². The van der Waals surface area contributed by atoms with Gasteiger partial charge >= 0.3 is 5.97 Å². The number of hydrogen-bond acceptors (Lipinski definition) is 8. The van der Waals surface area contributed by atoms with E-state index in [1.54, 1.807) is 29.2 Å². The lowest BCUT2D eigenvalue weighted by atomic mass is 9.70. The van der Waals surface area contributed by atoms with E-state index in [0.29, 0.717) is 18.4 Å². The maximum atomic E-state index is 15.0. The maximum Gasteiger partial charge on any atom is 0.313 e. The van der Waals surface area contributed by atoms with E-state index in [9.17, 15) is 14.7 Å². The van der Waals surface area contributed by atoms with Crippen molar-refractivity contribution in [3.8, 4) is 0 Å². The number of hydrogen-bond donors (Lipinski definition) is 2. The number of carbonyl (C=O) groups is 4. The van der Waals surface area contributed by atoms with Gasteiger partial charge in [0.25, 0.3) is 0 Å². The third-order valence-electron chi connectivity index (χ3n) is 11.0. The summed E-state index contributed by atoms with van der Waals surface area (Å²) in [5.41, 5.74) is 0.142. The summed E-state index contributed by atoms with van der Waals surface area (Å²) in [7, 11) is 1.50. The molecule has 1 spiro atoms. The average molecular weight is 809 g/mol. The quantitative estimate of drug-likeness (QED) is 0.109. The van der Waals surface area contributed by atoms with Gasteiger partial charge in [0, 0.05) is 30.9 Å². The van der Waals surface area contributed by atoms with Gasteiger partial charge in [-0.05, 0) is 43.7 Å². The summed E-state index contributed by atoms with van der Waals surface area (Å²) in [5.74, 6) is -3.82. The molecule has 3 heterocycles. The van der Waals surface area contributed by atoms with Gasteiger partial charge in [0.05, 0.1) is 43.2 Å². The Morgan fingerprint density at radius 1 is 1.13 bits per heavy atom. The van der Waals surface area contributed by atoms with Crippen LogP contribution in [-0.4, -0.2) is 106 Å². The Labute approximate surface area is 327 Å². The second-order valence-corrected chi connectivity index (χ2v) is 15.8. The summed E-state index contributed by atoms with van der Waals surface area (Å²) in [5, 5.41) is 13.9. The minimum atomic E-state index is -1.38. The molecule has 3 saturated heterocycles.